The number of non-ortho nitro benzene ring substituents is 1. The Balaban J connectivity index is 1.76. The van der Waals surface area contributed by atoms with Gasteiger partial charge in [0, 0.05) is 17.9 Å². The molecule has 0 saturated carbocycles. The van der Waals surface area contributed by atoms with Gasteiger partial charge in [-0.15, -0.1) is 10.2 Å². The van der Waals surface area contributed by atoms with Crippen LogP contribution in [0.3, 0.4) is 0 Å². The maximum absolute atomic E-state index is 12.9. The second-order valence-electron chi connectivity index (χ2n) is 7.10. The van der Waals surface area contributed by atoms with E-state index in [4.69, 9.17) is 0 Å². The number of carbonyl (C=O) groups excluding carboxylic acids is 1. The van der Waals surface area contributed by atoms with Crippen molar-refractivity contribution in [3.63, 3.8) is 0 Å². The lowest BCUT2D eigenvalue weighted by atomic mass is 10.1. The largest absolute Gasteiger partial charge is 0.299 e. The SMILES string of the molecule is Cc1ccc([N+](=O)[O-])cc1N(C(C)C(=O)Nc1nnc(SCc2ccccc2)s1)S(C)(=O)=O. The lowest BCUT2D eigenvalue weighted by Gasteiger charge is -2.29. The van der Waals surface area contributed by atoms with Crippen LogP contribution >= 0.6 is 23.1 Å². The van der Waals surface area contributed by atoms with Crippen molar-refractivity contribution in [3.8, 4) is 0 Å². The fraction of sp³-hybridized carbons (Fsp3) is 0.250. The molecule has 1 heterocycles. The van der Waals surface area contributed by atoms with Gasteiger partial charge in [0.05, 0.1) is 16.9 Å². The number of anilines is 2. The maximum Gasteiger partial charge on any atom is 0.271 e. The van der Waals surface area contributed by atoms with Gasteiger partial charge in [0.1, 0.15) is 6.04 Å². The molecule has 1 aromatic heterocycles. The summed E-state index contributed by atoms with van der Waals surface area (Å²) in [5, 5.41) is 22.0. The van der Waals surface area contributed by atoms with Crippen molar-refractivity contribution in [2.75, 3.05) is 15.9 Å². The molecule has 0 bridgehead atoms. The molecule has 1 amide bonds. The molecular formula is C20H21N5O5S3. The molecule has 13 heteroatoms. The first-order valence-corrected chi connectivity index (χ1v) is 13.3. The van der Waals surface area contributed by atoms with Crippen molar-refractivity contribution in [1.82, 2.24) is 10.2 Å². The van der Waals surface area contributed by atoms with Crippen LogP contribution < -0.4 is 9.62 Å². The van der Waals surface area contributed by atoms with Crippen LogP contribution in [0, 0.1) is 17.0 Å². The van der Waals surface area contributed by atoms with Crippen molar-refractivity contribution in [3.05, 3.63) is 69.8 Å². The minimum Gasteiger partial charge on any atom is -0.299 e. The van der Waals surface area contributed by atoms with Crippen molar-refractivity contribution >= 4 is 55.5 Å². The van der Waals surface area contributed by atoms with Gasteiger partial charge in [0.15, 0.2) is 4.34 Å². The summed E-state index contributed by atoms with van der Waals surface area (Å²) in [5.41, 5.74) is 1.38. The third-order valence-electron chi connectivity index (χ3n) is 4.57. The van der Waals surface area contributed by atoms with Gasteiger partial charge in [-0.2, -0.15) is 0 Å². The number of aromatic nitrogens is 2. The predicted molar refractivity (Wildman–Crippen MR) is 129 cm³/mol. The smallest absolute Gasteiger partial charge is 0.271 e. The Morgan fingerprint density at radius 1 is 1.24 bits per heavy atom. The molecule has 174 valence electrons. The van der Waals surface area contributed by atoms with E-state index in [2.05, 4.69) is 15.5 Å². The minimum atomic E-state index is -3.94. The normalized spacial score (nSPS) is 12.2. The van der Waals surface area contributed by atoms with Crippen LogP contribution in [0.15, 0.2) is 52.9 Å². The third kappa shape index (κ3) is 6.27. The van der Waals surface area contributed by atoms with Crippen LogP contribution in [0.1, 0.15) is 18.1 Å². The quantitative estimate of drug-likeness (QED) is 0.200. The van der Waals surface area contributed by atoms with Crippen LogP contribution in [0.4, 0.5) is 16.5 Å². The van der Waals surface area contributed by atoms with Crippen LogP contribution in [-0.2, 0) is 20.6 Å². The number of aryl methyl sites for hydroxylation is 1. The summed E-state index contributed by atoms with van der Waals surface area (Å²) >= 11 is 2.64. The Kier molecular flexibility index (Phi) is 7.66. The molecule has 10 nitrogen and oxygen atoms in total. The molecule has 3 rings (SSSR count). The lowest BCUT2D eigenvalue weighted by Crippen LogP contribution is -2.45. The third-order valence-corrected chi connectivity index (χ3v) is 7.84. The molecular weight excluding hydrogens is 486 g/mol. The monoisotopic (exact) mass is 507 g/mol. The Morgan fingerprint density at radius 3 is 2.58 bits per heavy atom. The Morgan fingerprint density at radius 2 is 1.94 bits per heavy atom. The van der Waals surface area contributed by atoms with Gasteiger partial charge in [-0.1, -0.05) is 59.5 Å². The highest BCUT2D eigenvalue weighted by atomic mass is 32.2. The van der Waals surface area contributed by atoms with E-state index in [-0.39, 0.29) is 16.5 Å². The van der Waals surface area contributed by atoms with Crippen LogP contribution in [0.5, 0.6) is 0 Å². The zero-order valence-electron chi connectivity index (χ0n) is 18.0. The van der Waals surface area contributed by atoms with Crippen LogP contribution in [-0.4, -0.2) is 41.7 Å². The second-order valence-corrected chi connectivity index (χ2v) is 11.2. The topological polar surface area (TPSA) is 135 Å². The molecule has 0 fully saturated rings. The zero-order chi connectivity index (χ0) is 24.2. The van der Waals surface area contributed by atoms with Crippen molar-refractivity contribution in [2.45, 2.75) is 30.0 Å². The highest BCUT2D eigenvalue weighted by Gasteiger charge is 2.31. The van der Waals surface area contributed by atoms with Crippen LogP contribution in [0.2, 0.25) is 0 Å². The van der Waals surface area contributed by atoms with Gasteiger partial charge >= 0.3 is 0 Å². The van der Waals surface area contributed by atoms with Crippen molar-refractivity contribution in [1.29, 1.82) is 0 Å². The van der Waals surface area contributed by atoms with E-state index in [1.54, 1.807) is 6.92 Å². The van der Waals surface area contributed by atoms with E-state index >= 15 is 0 Å². The number of benzene rings is 2. The van der Waals surface area contributed by atoms with E-state index in [9.17, 15) is 23.3 Å². The Labute approximate surface area is 199 Å². The lowest BCUT2D eigenvalue weighted by molar-refractivity contribution is -0.384. The number of thioether (sulfide) groups is 1. The molecule has 2 aromatic carbocycles. The molecule has 0 radical (unpaired) electrons. The first-order valence-electron chi connectivity index (χ1n) is 9.62. The summed E-state index contributed by atoms with van der Waals surface area (Å²) in [6.07, 6.45) is 0.943. The summed E-state index contributed by atoms with van der Waals surface area (Å²) < 4.78 is 26.6. The number of nitrogens with one attached hydrogen (secondary N) is 1. The van der Waals surface area contributed by atoms with E-state index in [0.717, 1.165) is 22.2 Å². The van der Waals surface area contributed by atoms with Crippen LogP contribution in [0.25, 0.3) is 0 Å². The fourth-order valence-corrected chi connectivity index (χ4v) is 5.91. The average Bonchev–Trinajstić information content (AvgIpc) is 3.20. The summed E-state index contributed by atoms with van der Waals surface area (Å²) in [5.74, 6) is 0.0513. The van der Waals surface area contributed by atoms with Gasteiger partial charge in [-0.3, -0.25) is 24.5 Å². The molecule has 1 N–H and O–H groups in total. The molecule has 1 atom stereocenters. The molecule has 0 saturated heterocycles. The minimum absolute atomic E-state index is 0.0609. The zero-order valence-corrected chi connectivity index (χ0v) is 20.4. The summed E-state index contributed by atoms with van der Waals surface area (Å²) in [4.78, 5) is 23.4. The number of nitrogens with zero attached hydrogens (tertiary/aromatic N) is 4. The van der Waals surface area contributed by atoms with E-state index in [1.807, 2.05) is 30.3 Å². The van der Waals surface area contributed by atoms with E-state index in [0.29, 0.717) is 15.7 Å². The molecule has 0 spiro atoms. The average molecular weight is 508 g/mol. The summed E-state index contributed by atoms with van der Waals surface area (Å²) in [6.45, 7) is 3.02. The van der Waals surface area contributed by atoms with E-state index in [1.165, 1.54) is 42.2 Å². The fourth-order valence-electron chi connectivity index (χ4n) is 2.98. The number of nitro benzene ring substituents is 1. The number of amides is 1. The maximum atomic E-state index is 12.9. The number of hydrogen-bond donors (Lipinski definition) is 1. The summed E-state index contributed by atoms with van der Waals surface area (Å²) in [6, 6.07) is 12.5. The van der Waals surface area contributed by atoms with Crippen molar-refractivity contribution in [2.24, 2.45) is 0 Å². The van der Waals surface area contributed by atoms with Crippen molar-refractivity contribution < 1.29 is 18.1 Å². The molecule has 0 aliphatic carbocycles. The molecule has 0 aliphatic rings. The number of rotatable bonds is 9. The number of hydrogen-bond acceptors (Lipinski definition) is 9. The second kappa shape index (κ2) is 10.3. The van der Waals surface area contributed by atoms with Gasteiger partial charge in [0.2, 0.25) is 21.1 Å². The highest BCUT2D eigenvalue weighted by Crippen LogP contribution is 2.31. The Hall–Kier alpha value is -3.03. The standard InChI is InChI=1S/C20H21N5O5S3/c1-13-9-10-16(25(27)28)11-17(13)24(33(3,29)30)14(2)18(26)21-19-22-23-20(32-19)31-12-15-7-5-4-6-8-15/h4-11,14H,12H2,1-3H3,(H,21,22,26). The summed E-state index contributed by atoms with van der Waals surface area (Å²) in [7, 11) is -3.94. The molecule has 3 aromatic rings. The Bertz CT molecular complexity index is 1260. The predicted octanol–water partition coefficient (Wildman–Crippen LogP) is 3.84. The first kappa shape index (κ1) is 24.6. The highest BCUT2D eigenvalue weighted by molar-refractivity contribution is 8.00. The first-order chi connectivity index (χ1) is 15.6. The van der Waals surface area contributed by atoms with Gasteiger partial charge in [-0.25, -0.2) is 8.42 Å². The number of carbonyl (C=O) groups is 1. The van der Waals surface area contributed by atoms with Gasteiger partial charge in [0.25, 0.3) is 5.69 Å². The molecule has 1 unspecified atom stereocenters. The molecule has 0 aliphatic heterocycles. The number of nitro groups is 1. The molecule has 33 heavy (non-hydrogen) atoms. The number of sulfonamides is 1. The van der Waals surface area contributed by atoms with Gasteiger partial charge < -0.3 is 0 Å². The van der Waals surface area contributed by atoms with E-state index < -0.39 is 26.9 Å². The van der Waals surface area contributed by atoms with Gasteiger partial charge in [-0.05, 0) is 25.0 Å².